The van der Waals surface area contributed by atoms with Gasteiger partial charge in [0.2, 0.25) is 0 Å². The normalized spacial score (nSPS) is 11.8. The van der Waals surface area contributed by atoms with Crippen LogP contribution in [-0.2, 0) is 0 Å². The molecular formula is C49H29N3O. The highest BCUT2D eigenvalue weighted by atomic mass is 16.3. The van der Waals surface area contributed by atoms with Gasteiger partial charge in [-0.3, -0.25) is 0 Å². The Hall–Kier alpha value is -7.17. The van der Waals surface area contributed by atoms with Gasteiger partial charge in [0.25, 0.3) is 0 Å². The van der Waals surface area contributed by atoms with Gasteiger partial charge in [0.1, 0.15) is 11.2 Å². The predicted octanol–water partition coefficient (Wildman–Crippen LogP) is 13.1. The Morgan fingerprint density at radius 2 is 0.906 bits per heavy atom. The van der Waals surface area contributed by atoms with Crippen molar-refractivity contribution in [2.75, 3.05) is 0 Å². The van der Waals surface area contributed by atoms with Crippen molar-refractivity contribution >= 4 is 65.0 Å². The lowest BCUT2D eigenvalue weighted by Crippen LogP contribution is -2.02. The molecule has 0 unspecified atom stereocenters. The van der Waals surface area contributed by atoms with Crippen molar-refractivity contribution in [2.45, 2.75) is 0 Å². The Bertz CT molecular complexity index is 3220. The lowest BCUT2D eigenvalue weighted by Gasteiger charge is -2.17. The van der Waals surface area contributed by atoms with Crippen LogP contribution in [0.1, 0.15) is 0 Å². The molecule has 0 aliphatic rings. The van der Waals surface area contributed by atoms with Gasteiger partial charge in [-0.25, -0.2) is 15.0 Å². The van der Waals surface area contributed by atoms with E-state index < -0.39 is 0 Å². The molecule has 246 valence electrons. The van der Waals surface area contributed by atoms with Gasteiger partial charge in [-0.2, -0.15) is 0 Å². The van der Waals surface area contributed by atoms with Crippen LogP contribution in [0.5, 0.6) is 0 Å². The molecular weight excluding hydrogens is 647 g/mol. The van der Waals surface area contributed by atoms with E-state index in [1.54, 1.807) is 0 Å². The summed E-state index contributed by atoms with van der Waals surface area (Å²) in [5, 5.41) is 11.5. The minimum atomic E-state index is 0.613. The fourth-order valence-electron chi connectivity index (χ4n) is 8.12. The molecule has 0 saturated carbocycles. The highest BCUT2D eigenvalue weighted by Gasteiger charge is 2.22. The molecule has 0 aliphatic carbocycles. The van der Waals surface area contributed by atoms with Crippen molar-refractivity contribution in [3.8, 4) is 45.3 Å². The molecule has 53 heavy (non-hydrogen) atoms. The summed E-state index contributed by atoms with van der Waals surface area (Å²) < 4.78 is 6.39. The van der Waals surface area contributed by atoms with Crippen LogP contribution in [0.15, 0.2) is 180 Å². The quantitative estimate of drug-likeness (QED) is 0.174. The standard InChI is InChI=1S/C49H29N3O/c1-2-15-32(16-3-1)47-50-48(52-49(51-47)41-29-33-17-6-9-20-36(33)44-34-18-7-4-13-30(34)25-27-37(41)44)40-28-26-31-14-5-8-19-35(31)45(40)39-22-12-24-43-46(39)38-21-10-11-23-42(38)53-43/h1-29H. The van der Waals surface area contributed by atoms with E-state index >= 15 is 0 Å². The first-order chi connectivity index (χ1) is 26.3. The molecule has 0 amide bonds. The summed E-state index contributed by atoms with van der Waals surface area (Å²) in [6, 6.07) is 61.5. The van der Waals surface area contributed by atoms with Gasteiger partial charge in [-0.05, 0) is 72.9 Å². The van der Waals surface area contributed by atoms with Gasteiger partial charge in [0.15, 0.2) is 17.5 Å². The van der Waals surface area contributed by atoms with Crippen LogP contribution < -0.4 is 0 Å². The van der Waals surface area contributed by atoms with Crippen molar-refractivity contribution in [2.24, 2.45) is 0 Å². The van der Waals surface area contributed by atoms with Crippen LogP contribution in [-0.4, -0.2) is 15.0 Å². The van der Waals surface area contributed by atoms with Crippen molar-refractivity contribution in [3.05, 3.63) is 176 Å². The summed E-state index contributed by atoms with van der Waals surface area (Å²) in [5.41, 5.74) is 6.67. The third kappa shape index (κ3) is 4.66. The zero-order chi connectivity index (χ0) is 34.9. The maximum atomic E-state index is 6.39. The van der Waals surface area contributed by atoms with E-state index in [2.05, 4.69) is 140 Å². The van der Waals surface area contributed by atoms with Gasteiger partial charge in [0.05, 0.1) is 0 Å². The minimum Gasteiger partial charge on any atom is -0.456 e. The average molecular weight is 676 g/mol. The summed E-state index contributed by atoms with van der Waals surface area (Å²) in [4.78, 5) is 15.9. The molecule has 0 spiro atoms. The van der Waals surface area contributed by atoms with Gasteiger partial charge >= 0.3 is 0 Å². The average Bonchev–Trinajstić information content (AvgIpc) is 3.62. The van der Waals surface area contributed by atoms with E-state index in [0.29, 0.717) is 17.5 Å². The highest BCUT2D eigenvalue weighted by molar-refractivity contribution is 6.24. The third-order valence-electron chi connectivity index (χ3n) is 10.5. The van der Waals surface area contributed by atoms with Crippen LogP contribution >= 0.6 is 0 Å². The van der Waals surface area contributed by atoms with Crippen LogP contribution in [0.3, 0.4) is 0 Å². The number of rotatable bonds is 4. The number of hydrogen-bond donors (Lipinski definition) is 0. The highest BCUT2D eigenvalue weighted by Crippen LogP contribution is 2.44. The zero-order valence-corrected chi connectivity index (χ0v) is 28.5. The number of benzene rings is 9. The van der Waals surface area contributed by atoms with Crippen molar-refractivity contribution in [1.29, 1.82) is 0 Å². The summed E-state index contributed by atoms with van der Waals surface area (Å²) in [7, 11) is 0. The zero-order valence-electron chi connectivity index (χ0n) is 28.5. The fraction of sp³-hybridized carbons (Fsp3) is 0. The summed E-state index contributed by atoms with van der Waals surface area (Å²) in [6.45, 7) is 0. The van der Waals surface area contributed by atoms with Gasteiger partial charge < -0.3 is 4.42 Å². The molecule has 2 aromatic heterocycles. The largest absolute Gasteiger partial charge is 0.456 e. The van der Waals surface area contributed by atoms with E-state index in [1.807, 2.05) is 36.4 Å². The second kappa shape index (κ2) is 11.7. The van der Waals surface area contributed by atoms with E-state index in [0.717, 1.165) is 71.3 Å². The summed E-state index contributed by atoms with van der Waals surface area (Å²) in [5.74, 6) is 1.87. The van der Waals surface area contributed by atoms with Crippen LogP contribution in [0.25, 0.3) is 110 Å². The second-order valence-corrected chi connectivity index (χ2v) is 13.5. The first-order valence-corrected chi connectivity index (χ1v) is 17.9. The molecule has 2 heterocycles. The Morgan fingerprint density at radius 1 is 0.321 bits per heavy atom. The van der Waals surface area contributed by atoms with E-state index in [9.17, 15) is 0 Å². The number of nitrogens with zero attached hydrogens (tertiary/aromatic N) is 3. The van der Waals surface area contributed by atoms with Gasteiger partial charge in [-0.1, -0.05) is 152 Å². The molecule has 0 N–H and O–H groups in total. The predicted molar refractivity (Wildman–Crippen MR) is 219 cm³/mol. The number of fused-ring (bicyclic) bond motifs is 9. The Morgan fingerprint density at radius 3 is 1.72 bits per heavy atom. The van der Waals surface area contributed by atoms with Crippen molar-refractivity contribution < 1.29 is 4.42 Å². The number of aromatic nitrogens is 3. The summed E-state index contributed by atoms with van der Waals surface area (Å²) >= 11 is 0. The number of furan rings is 1. The SMILES string of the molecule is c1ccc(-c2nc(-c3ccc4ccccc4c3-c3cccc4oc5ccccc5c34)nc(-c3cc4ccccc4c4c3ccc3ccccc34)n2)cc1. The maximum Gasteiger partial charge on any atom is 0.164 e. The monoisotopic (exact) mass is 675 g/mol. The van der Waals surface area contributed by atoms with E-state index in [-0.39, 0.29) is 0 Å². The van der Waals surface area contributed by atoms with E-state index in [4.69, 9.17) is 19.4 Å². The molecule has 0 radical (unpaired) electrons. The Balaban J connectivity index is 1.26. The molecule has 4 heteroatoms. The van der Waals surface area contributed by atoms with E-state index in [1.165, 1.54) is 21.5 Å². The first-order valence-electron chi connectivity index (χ1n) is 17.9. The lowest BCUT2D eigenvalue weighted by molar-refractivity contribution is 0.669. The second-order valence-electron chi connectivity index (χ2n) is 13.5. The topological polar surface area (TPSA) is 51.8 Å². The molecule has 0 saturated heterocycles. The third-order valence-corrected chi connectivity index (χ3v) is 10.5. The number of para-hydroxylation sites is 1. The minimum absolute atomic E-state index is 0.613. The van der Waals surface area contributed by atoms with Gasteiger partial charge in [-0.15, -0.1) is 0 Å². The fourth-order valence-corrected chi connectivity index (χ4v) is 8.12. The summed E-state index contributed by atoms with van der Waals surface area (Å²) in [6.07, 6.45) is 0. The molecule has 0 fully saturated rings. The Labute approximate surface area is 304 Å². The lowest BCUT2D eigenvalue weighted by atomic mass is 9.90. The molecule has 0 bridgehead atoms. The first kappa shape index (κ1) is 29.5. The molecule has 4 nitrogen and oxygen atoms in total. The van der Waals surface area contributed by atoms with Crippen molar-refractivity contribution in [3.63, 3.8) is 0 Å². The molecule has 9 aromatic carbocycles. The molecule has 0 aliphatic heterocycles. The molecule has 0 atom stereocenters. The maximum absolute atomic E-state index is 6.39. The van der Waals surface area contributed by atoms with Crippen LogP contribution in [0, 0.1) is 0 Å². The molecule has 11 aromatic rings. The molecule has 11 rings (SSSR count). The van der Waals surface area contributed by atoms with Crippen molar-refractivity contribution in [1.82, 2.24) is 15.0 Å². The van der Waals surface area contributed by atoms with Crippen LogP contribution in [0.4, 0.5) is 0 Å². The number of hydrogen-bond acceptors (Lipinski definition) is 4. The van der Waals surface area contributed by atoms with Gasteiger partial charge in [0, 0.05) is 33.0 Å². The smallest absolute Gasteiger partial charge is 0.164 e. The Kier molecular flexibility index (Phi) is 6.52. The van der Waals surface area contributed by atoms with Crippen LogP contribution in [0.2, 0.25) is 0 Å².